The van der Waals surface area contributed by atoms with E-state index in [2.05, 4.69) is 12.2 Å². The van der Waals surface area contributed by atoms with Gasteiger partial charge in [0.2, 0.25) is 0 Å². The van der Waals surface area contributed by atoms with Crippen LogP contribution in [0, 0.1) is 5.92 Å². The van der Waals surface area contributed by atoms with Gasteiger partial charge >= 0.3 is 0 Å². The molecule has 2 atom stereocenters. The van der Waals surface area contributed by atoms with Gasteiger partial charge in [-0.25, -0.2) is 0 Å². The predicted octanol–water partition coefficient (Wildman–Crippen LogP) is 4.59. The molecule has 1 aromatic rings. The molecule has 0 spiro atoms. The van der Waals surface area contributed by atoms with Crippen LogP contribution >= 0.6 is 23.2 Å². The average molecular weight is 316 g/mol. The van der Waals surface area contributed by atoms with E-state index in [1.807, 2.05) is 0 Å². The first-order valence-electron chi connectivity index (χ1n) is 7.44. The molecule has 1 fully saturated rings. The second-order valence-electron chi connectivity index (χ2n) is 5.78. The molecule has 0 heterocycles. The number of aliphatic hydroxyl groups excluding tert-OH is 1. The van der Waals surface area contributed by atoms with Crippen molar-refractivity contribution in [2.45, 2.75) is 51.2 Å². The van der Waals surface area contributed by atoms with Crippen LogP contribution in [0.5, 0.6) is 0 Å². The van der Waals surface area contributed by atoms with Gasteiger partial charge in [-0.05, 0) is 43.9 Å². The summed E-state index contributed by atoms with van der Waals surface area (Å²) in [4.78, 5) is 0. The van der Waals surface area contributed by atoms with Crippen LogP contribution in [-0.2, 0) is 0 Å². The smallest absolute Gasteiger partial charge is 0.0929 e. The van der Waals surface area contributed by atoms with Crippen molar-refractivity contribution in [3.63, 3.8) is 0 Å². The van der Waals surface area contributed by atoms with Crippen molar-refractivity contribution in [2.24, 2.45) is 5.92 Å². The second kappa shape index (κ2) is 7.65. The van der Waals surface area contributed by atoms with E-state index in [-0.39, 0.29) is 0 Å². The summed E-state index contributed by atoms with van der Waals surface area (Å²) in [6.07, 6.45) is 6.00. The van der Waals surface area contributed by atoms with E-state index in [0.29, 0.717) is 28.2 Å². The molecule has 4 heteroatoms. The Morgan fingerprint density at radius 3 is 2.65 bits per heavy atom. The van der Waals surface area contributed by atoms with Crippen molar-refractivity contribution in [1.29, 1.82) is 0 Å². The van der Waals surface area contributed by atoms with Crippen molar-refractivity contribution in [3.8, 4) is 0 Å². The van der Waals surface area contributed by atoms with Gasteiger partial charge in [-0.15, -0.1) is 0 Å². The van der Waals surface area contributed by atoms with Gasteiger partial charge < -0.3 is 10.4 Å². The molecule has 2 rings (SSSR count). The largest absolute Gasteiger partial charge is 0.387 e. The van der Waals surface area contributed by atoms with Crippen LogP contribution in [0.25, 0.3) is 0 Å². The van der Waals surface area contributed by atoms with E-state index in [0.717, 1.165) is 5.92 Å². The Kier molecular flexibility index (Phi) is 6.16. The normalized spacial score (nSPS) is 19.8. The van der Waals surface area contributed by atoms with Crippen LogP contribution < -0.4 is 5.32 Å². The SMILES string of the molecule is C[C@H](NCC(O)c1cc(Cl)ccc1Cl)C1CCCCC1. The molecule has 0 saturated heterocycles. The monoisotopic (exact) mass is 315 g/mol. The van der Waals surface area contributed by atoms with E-state index < -0.39 is 6.10 Å². The molecule has 112 valence electrons. The van der Waals surface area contributed by atoms with E-state index in [1.165, 1.54) is 32.1 Å². The Bertz CT molecular complexity index is 432. The van der Waals surface area contributed by atoms with Crippen LogP contribution in [0.4, 0.5) is 0 Å². The van der Waals surface area contributed by atoms with Gasteiger partial charge in [0, 0.05) is 28.2 Å². The number of rotatable bonds is 5. The summed E-state index contributed by atoms with van der Waals surface area (Å²) in [6, 6.07) is 5.63. The van der Waals surface area contributed by atoms with Crippen LogP contribution in [0.3, 0.4) is 0 Å². The minimum absolute atomic E-state index is 0.433. The molecule has 1 saturated carbocycles. The van der Waals surface area contributed by atoms with E-state index >= 15 is 0 Å². The summed E-state index contributed by atoms with van der Waals surface area (Å²) in [5, 5.41) is 14.9. The van der Waals surface area contributed by atoms with Crippen LogP contribution in [0.2, 0.25) is 10.0 Å². The second-order valence-corrected chi connectivity index (χ2v) is 6.62. The van der Waals surface area contributed by atoms with Crippen LogP contribution in [0.1, 0.15) is 50.7 Å². The summed E-state index contributed by atoms with van der Waals surface area (Å²) >= 11 is 12.1. The van der Waals surface area contributed by atoms with Gasteiger partial charge in [0.15, 0.2) is 0 Å². The number of nitrogens with one attached hydrogen (secondary N) is 1. The molecule has 1 aromatic carbocycles. The van der Waals surface area contributed by atoms with Crippen LogP contribution in [0.15, 0.2) is 18.2 Å². The minimum Gasteiger partial charge on any atom is -0.387 e. The van der Waals surface area contributed by atoms with Crippen LogP contribution in [-0.4, -0.2) is 17.7 Å². The van der Waals surface area contributed by atoms with E-state index in [1.54, 1.807) is 18.2 Å². The number of benzene rings is 1. The third-order valence-electron chi connectivity index (χ3n) is 4.31. The summed E-state index contributed by atoms with van der Waals surface area (Å²) in [5.74, 6) is 0.728. The molecular formula is C16H23Cl2NO. The van der Waals surface area contributed by atoms with Gasteiger partial charge in [0.05, 0.1) is 6.10 Å². The van der Waals surface area contributed by atoms with Gasteiger partial charge in [0.1, 0.15) is 0 Å². The molecule has 20 heavy (non-hydrogen) atoms. The van der Waals surface area contributed by atoms with Gasteiger partial charge in [-0.2, -0.15) is 0 Å². The lowest BCUT2D eigenvalue weighted by atomic mass is 9.84. The fraction of sp³-hybridized carbons (Fsp3) is 0.625. The molecule has 1 unspecified atom stereocenters. The van der Waals surface area contributed by atoms with Crippen molar-refractivity contribution in [1.82, 2.24) is 5.32 Å². The number of aliphatic hydroxyl groups is 1. The lowest BCUT2D eigenvalue weighted by Crippen LogP contribution is -2.37. The van der Waals surface area contributed by atoms with Crippen molar-refractivity contribution >= 4 is 23.2 Å². The maximum Gasteiger partial charge on any atom is 0.0929 e. The number of halogens is 2. The molecular weight excluding hydrogens is 293 g/mol. The fourth-order valence-corrected chi connectivity index (χ4v) is 3.40. The number of hydrogen-bond donors (Lipinski definition) is 2. The topological polar surface area (TPSA) is 32.3 Å². The van der Waals surface area contributed by atoms with Crippen molar-refractivity contribution < 1.29 is 5.11 Å². The minimum atomic E-state index is -0.618. The molecule has 0 aromatic heterocycles. The predicted molar refractivity (Wildman–Crippen MR) is 85.5 cm³/mol. The van der Waals surface area contributed by atoms with Crippen molar-refractivity contribution in [3.05, 3.63) is 33.8 Å². The highest BCUT2D eigenvalue weighted by atomic mass is 35.5. The Balaban J connectivity index is 1.87. The zero-order valence-corrected chi connectivity index (χ0v) is 13.4. The molecule has 0 radical (unpaired) electrons. The Morgan fingerprint density at radius 2 is 1.95 bits per heavy atom. The fourth-order valence-electron chi connectivity index (χ4n) is 2.98. The molecule has 1 aliphatic rings. The third-order valence-corrected chi connectivity index (χ3v) is 4.89. The first-order valence-corrected chi connectivity index (χ1v) is 8.20. The maximum absolute atomic E-state index is 10.3. The highest BCUT2D eigenvalue weighted by molar-refractivity contribution is 6.33. The summed E-state index contributed by atoms with van der Waals surface area (Å²) in [6.45, 7) is 2.72. The van der Waals surface area contributed by atoms with Gasteiger partial charge in [0.25, 0.3) is 0 Å². The molecule has 0 aliphatic heterocycles. The van der Waals surface area contributed by atoms with E-state index in [4.69, 9.17) is 23.2 Å². The Hall–Kier alpha value is -0.280. The molecule has 1 aliphatic carbocycles. The lowest BCUT2D eigenvalue weighted by Gasteiger charge is -2.29. The quantitative estimate of drug-likeness (QED) is 0.833. The zero-order valence-electron chi connectivity index (χ0n) is 11.9. The molecule has 2 nitrogen and oxygen atoms in total. The molecule has 2 N–H and O–H groups in total. The standard InChI is InChI=1S/C16H23Cl2NO/c1-11(12-5-3-2-4-6-12)19-10-16(20)14-9-13(17)7-8-15(14)18/h7-9,11-12,16,19-20H,2-6,10H2,1H3/t11-,16?/m0/s1. The first-order chi connectivity index (χ1) is 9.58. The molecule has 0 bridgehead atoms. The van der Waals surface area contributed by atoms with Crippen molar-refractivity contribution in [2.75, 3.05) is 6.54 Å². The molecule has 0 amide bonds. The summed E-state index contributed by atoms with van der Waals surface area (Å²) in [5.41, 5.74) is 0.697. The Morgan fingerprint density at radius 1 is 1.25 bits per heavy atom. The Labute approximate surface area is 131 Å². The van der Waals surface area contributed by atoms with Gasteiger partial charge in [-0.1, -0.05) is 42.5 Å². The number of hydrogen-bond acceptors (Lipinski definition) is 2. The highest BCUT2D eigenvalue weighted by Crippen LogP contribution is 2.28. The first kappa shape index (κ1) is 16.1. The highest BCUT2D eigenvalue weighted by Gasteiger charge is 2.21. The summed E-state index contributed by atoms with van der Waals surface area (Å²) < 4.78 is 0. The lowest BCUT2D eigenvalue weighted by molar-refractivity contribution is 0.161. The van der Waals surface area contributed by atoms with E-state index in [9.17, 15) is 5.11 Å². The third kappa shape index (κ3) is 4.36. The summed E-state index contributed by atoms with van der Waals surface area (Å²) in [7, 11) is 0. The maximum atomic E-state index is 10.3. The average Bonchev–Trinajstić information content (AvgIpc) is 2.47. The van der Waals surface area contributed by atoms with Gasteiger partial charge in [-0.3, -0.25) is 0 Å². The zero-order chi connectivity index (χ0) is 14.5.